The van der Waals surface area contributed by atoms with Gasteiger partial charge < -0.3 is 20.9 Å². The number of rotatable bonds is 9. The van der Waals surface area contributed by atoms with Gasteiger partial charge in [0.1, 0.15) is 11.4 Å². The Morgan fingerprint density at radius 1 is 1.05 bits per heavy atom. The fraction of sp³-hybridized carbons (Fsp3) is 0.414. The van der Waals surface area contributed by atoms with Gasteiger partial charge in [-0.2, -0.15) is 0 Å². The largest absolute Gasteiger partial charge is 0.388 e. The summed E-state index contributed by atoms with van der Waals surface area (Å²) in [7, 11) is 1.79. The lowest BCUT2D eigenvalue weighted by Crippen LogP contribution is -2.46. The van der Waals surface area contributed by atoms with Crippen LogP contribution in [0.25, 0.3) is 11.4 Å². The van der Waals surface area contributed by atoms with Crippen LogP contribution in [0.5, 0.6) is 0 Å². The second-order valence-corrected chi connectivity index (χ2v) is 10.3. The molecule has 2 fully saturated rings. The molecule has 1 aliphatic carbocycles. The number of carbonyl (C=O) groups excluding carboxylic acids is 2. The molecule has 2 amide bonds. The Bertz CT molecular complexity index is 1230. The third kappa shape index (κ3) is 5.38. The van der Waals surface area contributed by atoms with Gasteiger partial charge in [-0.3, -0.25) is 14.6 Å². The number of carbonyl (C=O) groups is 2. The van der Waals surface area contributed by atoms with Crippen molar-refractivity contribution in [2.45, 2.75) is 70.1 Å². The zero-order valence-corrected chi connectivity index (χ0v) is 22.0. The number of hydrogen-bond acceptors (Lipinski definition) is 5. The van der Waals surface area contributed by atoms with Crippen molar-refractivity contribution in [3.63, 3.8) is 0 Å². The summed E-state index contributed by atoms with van der Waals surface area (Å²) in [6.45, 7) is 13.8. The van der Waals surface area contributed by atoms with Crippen molar-refractivity contribution in [2.75, 3.05) is 7.05 Å². The lowest BCUT2D eigenvalue weighted by Gasteiger charge is -2.27. The zero-order chi connectivity index (χ0) is 26.9. The molecule has 2 aromatic rings. The van der Waals surface area contributed by atoms with E-state index in [1.165, 1.54) is 6.07 Å². The molecular formula is C29H36FN5O2. The van der Waals surface area contributed by atoms with E-state index >= 15 is 4.39 Å². The standard InChI is InChI=1S/C29H36FN5O2/c1-17-7-8-18(2)35(17)27(36)22-9-10-25(26(30)14-22)21(5)33-28(37)29(11-12-29)34-20(4)24-13-23(15-32-16-24)19(3)31-6/h9-10,13-18,21,31,34H,3-4,7-8,11-12H2,1-2,5-6H3,(H,33,37)/t17-,18+,21-/m1/s1. The minimum Gasteiger partial charge on any atom is -0.388 e. The number of aromatic nitrogens is 1. The third-order valence-corrected chi connectivity index (χ3v) is 7.56. The number of halogens is 1. The number of benzene rings is 1. The SMILES string of the molecule is C=C(NC)c1cncc(C(=C)NC2(C(=O)N[C@H](C)c3ccc(C(=O)N4[C@H](C)CC[C@@H]4C)cc3F)CC2)c1. The minimum absolute atomic E-state index is 0.140. The van der Waals surface area contributed by atoms with Crippen LogP contribution in [-0.2, 0) is 4.79 Å². The summed E-state index contributed by atoms with van der Waals surface area (Å²) in [6.07, 6.45) is 6.57. The van der Waals surface area contributed by atoms with E-state index in [9.17, 15) is 9.59 Å². The second-order valence-electron chi connectivity index (χ2n) is 10.3. The number of amides is 2. The lowest BCUT2D eigenvalue weighted by molar-refractivity contribution is -0.124. The molecule has 0 spiro atoms. The maximum atomic E-state index is 15.1. The molecule has 0 radical (unpaired) electrons. The van der Waals surface area contributed by atoms with Crippen LogP contribution in [0.4, 0.5) is 4.39 Å². The molecule has 2 aliphatic rings. The highest BCUT2D eigenvalue weighted by Crippen LogP contribution is 2.38. The molecule has 1 aromatic heterocycles. The van der Waals surface area contributed by atoms with Crippen LogP contribution in [0.3, 0.4) is 0 Å². The first-order chi connectivity index (χ1) is 17.6. The first-order valence-electron chi connectivity index (χ1n) is 12.8. The van der Waals surface area contributed by atoms with Gasteiger partial charge in [0.05, 0.1) is 6.04 Å². The summed E-state index contributed by atoms with van der Waals surface area (Å²) in [5, 5.41) is 9.19. The van der Waals surface area contributed by atoms with Gasteiger partial charge in [0, 0.05) is 65.2 Å². The highest BCUT2D eigenvalue weighted by atomic mass is 19.1. The maximum Gasteiger partial charge on any atom is 0.254 e. The number of pyridine rings is 1. The highest BCUT2D eigenvalue weighted by molar-refractivity contribution is 5.95. The van der Waals surface area contributed by atoms with Gasteiger partial charge in [-0.25, -0.2) is 4.39 Å². The zero-order valence-electron chi connectivity index (χ0n) is 22.0. The molecule has 1 aromatic carbocycles. The fourth-order valence-corrected chi connectivity index (χ4v) is 4.98. The predicted molar refractivity (Wildman–Crippen MR) is 144 cm³/mol. The number of nitrogens with zero attached hydrogens (tertiary/aromatic N) is 2. The van der Waals surface area contributed by atoms with Gasteiger partial charge in [0.25, 0.3) is 5.91 Å². The Labute approximate surface area is 218 Å². The van der Waals surface area contributed by atoms with Gasteiger partial charge in [-0.1, -0.05) is 19.2 Å². The summed E-state index contributed by atoms with van der Waals surface area (Å²) in [4.78, 5) is 32.2. The highest BCUT2D eigenvalue weighted by Gasteiger charge is 2.50. The van der Waals surface area contributed by atoms with Crippen LogP contribution < -0.4 is 16.0 Å². The average molecular weight is 506 g/mol. The number of hydrogen-bond donors (Lipinski definition) is 3. The molecule has 0 bridgehead atoms. The summed E-state index contributed by atoms with van der Waals surface area (Å²) in [5.74, 6) is -0.881. The third-order valence-electron chi connectivity index (χ3n) is 7.56. The predicted octanol–water partition coefficient (Wildman–Crippen LogP) is 4.39. The van der Waals surface area contributed by atoms with Crippen LogP contribution in [0.2, 0.25) is 0 Å². The molecule has 8 heteroatoms. The molecule has 1 saturated heterocycles. The number of likely N-dealkylation sites (tertiary alicyclic amines) is 1. The Morgan fingerprint density at radius 3 is 2.24 bits per heavy atom. The van der Waals surface area contributed by atoms with Gasteiger partial charge in [0.15, 0.2) is 0 Å². The average Bonchev–Trinajstić information content (AvgIpc) is 3.59. The van der Waals surface area contributed by atoms with Gasteiger partial charge in [0.2, 0.25) is 5.91 Å². The molecule has 3 atom stereocenters. The van der Waals surface area contributed by atoms with Crippen LogP contribution in [0.1, 0.15) is 79.5 Å². The Hall–Kier alpha value is -3.68. The van der Waals surface area contributed by atoms with E-state index in [4.69, 9.17) is 0 Å². The molecule has 2 heterocycles. The van der Waals surface area contributed by atoms with Crippen molar-refractivity contribution in [2.24, 2.45) is 0 Å². The maximum absolute atomic E-state index is 15.1. The van der Waals surface area contributed by atoms with Gasteiger partial charge >= 0.3 is 0 Å². The van der Waals surface area contributed by atoms with E-state index in [0.717, 1.165) is 29.7 Å². The van der Waals surface area contributed by atoms with Crippen LogP contribution >= 0.6 is 0 Å². The first kappa shape index (κ1) is 26.4. The summed E-state index contributed by atoms with van der Waals surface area (Å²) in [5.41, 5.74) is 2.77. The van der Waals surface area contributed by atoms with Crippen molar-refractivity contribution in [3.8, 4) is 0 Å². The molecule has 0 unspecified atom stereocenters. The van der Waals surface area contributed by atoms with Crippen molar-refractivity contribution >= 4 is 23.2 Å². The van der Waals surface area contributed by atoms with E-state index < -0.39 is 17.4 Å². The topological polar surface area (TPSA) is 86.4 Å². The van der Waals surface area contributed by atoms with E-state index in [1.54, 1.807) is 38.5 Å². The molecule has 196 valence electrons. The molecule has 37 heavy (non-hydrogen) atoms. The molecule has 1 saturated carbocycles. The van der Waals surface area contributed by atoms with E-state index in [1.807, 2.05) is 24.8 Å². The lowest BCUT2D eigenvalue weighted by atomic mass is 10.0. The number of nitrogens with one attached hydrogen (secondary N) is 3. The summed E-state index contributed by atoms with van der Waals surface area (Å²) < 4.78 is 15.1. The summed E-state index contributed by atoms with van der Waals surface area (Å²) >= 11 is 0. The normalized spacial score (nSPS) is 20.6. The minimum atomic E-state index is -0.796. The van der Waals surface area contributed by atoms with E-state index in [-0.39, 0.29) is 23.9 Å². The quantitative estimate of drug-likeness (QED) is 0.471. The molecule has 4 rings (SSSR count). The first-order valence-corrected chi connectivity index (χ1v) is 12.8. The van der Waals surface area contributed by atoms with Crippen LogP contribution in [-0.4, -0.2) is 46.4 Å². The second kappa shape index (κ2) is 10.4. The molecule has 7 nitrogen and oxygen atoms in total. The summed E-state index contributed by atoms with van der Waals surface area (Å²) in [6, 6.07) is 6.13. The van der Waals surface area contributed by atoms with Gasteiger partial charge in [-0.15, -0.1) is 0 Å². The van der Waals surface area contributed by atoms with Crippen molar-refractivity contribution in [1.82, 2.24) is 25.8 Å². The van der Waals surface area contributed by atoms with Crippen LogP contribution in [0, 0.1) is 5.82 Å². The van der Waals surface area contributed by atoms with E-state index in [2.05, 4.69) is 34.1 Å². The van der Waals surface area contributed by atoms with Crippen molar-refractivity contribution in [1.29, 1.82) is 0 Å². The molecular weight excluding hydrogens is 469 g/mol. The van der Waals surface area contributed by atoms with Crippen molar-refractivity contribution in [3.05, 3.63) is 77.9 Å². The Balaban J connectivity index is 1.41. The van der Waals surface area contributed by atoms with E-state index in [0.29, 0.717) is 29.7 Å². The van der Waals surface area contributed by atoms with Crippen molar-refractivity contribution < 1.29 is 14.0 Å². The van der Waals surface area contributed by atoms with Crippen LogP contribution in [0.15, 0.2) is 49.8 Å². The molecule has 1 aliphatic heterocycles. The van der Waals surface area contributed by atoms with Gasteiger partial charge in [-0.05, 0) is 64.7 Å². The monoisotopic (exact) mass is 505 g/mol. The Morgan fingerprint density at radius 2 is 1.68 bits per heavy atom. The smallest absolute Gasteiger partial charge is 0.254 e. The Kier molecular flexibility index (Phi) is 7.39. The fourth-order valence-electron chi connectivity index (χ4n) is 4.98. The molecule has 3 N–H and O–H groups in total.